The number of hydrogen-bond donors (Lipinski definition) is 2. The Morgan fingerprint density at radius 3 is 2.40 bits per heavy atom. The SMILES string of the molecule is CCOC(=O)c1ccc(NC(=O)CSc2nnc(CNC(=O)c3ccc(C)c([N+](=O)[O-])c3)n2-c2cccc(C(F)(F)F)c2)cc1. The van der Waals surface area contributed by atoms with Gasteiger partial charge in [-0.3, -0.25) is 24.3 Å². The number of anilines is 1. The van der Waals surface area contributed by atoms with E-state index in [0.717, 1.165) is 30.0 Å². The van der Waals surface area contributed by atoms with Crippen LogP contribution in [0.4, 0.5) is 24.5 Å². The first-order valence-corrected chi connectivity index (χ1v) is 14.2. The summed E-state index contributed by atoms with van der Waals surface area (Å²) in [5.41, 5.74) is -0.0922. The average Bonchev–Trinajstić information content (AvgIpc) is 3.41. The molecule has 0 bridgehead atoms. The number of ether oxygens (including phenoxy) is 1. The molecule has 0 aliphatic rings. The van der Waals surface area contributed by atoms with Gasteiger partial charge in [0.2, 0.25) is 5.91 Å². The lowest BCUT2D eigenvalue weighted by Gasteiger charge is -2.13. The number of alkyl halides is 3. The van der Waals surface area contributed by atoms with Crippen molar-refractivity contribution in [2.75, 3.05) is 17.7 Å². The van der Waals surface area contributed by atoms with Crippen LogP contribution in [0.1, 0.15) is 44.6 Å². The van der Waals surface area contributed by atoms with Crippen molar-refractivity contribution in [3.8, 4) is 5.69 Å². The molecular formula is C29H25F3N6O6S. The van der Waals surface area contributed by atoms with Gasteiger partial charge < -0.3 is 15.4 Å². The molecule has 3 aromatic carbocycles. The molecule has 4 rings (SSSR count). The number of carbonyl (C=O) groups is 3. The Balaban J connectivity index is 1.54. The van der Waals surface area contributed by atoms with Crippen LogP contribution < -0.4 is 10.6 Å². The molecule has 1 aromatic heterocycles. The summed E-state index contributed by atoms with van der Waals surface area (Å²) in [7, 11) is 0. The first-order valence-electron chi connectivity index (χ1n) is 13.2. The third kappa shape index (κ3) is 8.23. The Kier molecular flexibility index (Phi) is 10.2. The van der Waals surface area contributed by atoms with E-state index in [1.807, 2.05) is 0 Å². The standard InChI is InChI=1S/C29H25F3N6O6S/c1-3-44-27(41)18-9-11-21(12-10-18)34-25(39)16-45-28-36-35-24(37(28)22-6-4-5-20(14-22)29(30,31)32)15-33-26(40)19-8-7-17(2)23(13-19)38(42)43/h4-14H,3,15-16H2,1-2H3,(H,33,40)(H,34,39). The summed E-state index contributed by atoms with van der Waals surface area (Å²) in [5.74, 6) is -1.83. The van der Waals surface area contributed by atoms with E-state index in [1.165, 1.54) is 60.0 Å². The number of nitrogens with zero attached hydrogens (tertiary/aromatic N) is 4. The largest absolute Gasteiger partial charge is 0.462 e. The van der Waals surface area contributed by atoms with Gasteiger partial charge in [0.25, 0.3) is 11.6 Å². The van der Waals surface area contributed by atoms with Crippen LogP contribution in [0.5, 0.6) is 0 Å². The monoisotopic (exact) mass is 642 g/mol. The summed E-state index contributed by atoms with van der Waals surface area (Å²) in [5, 5.41) is 24.6. The smallest absolute Gasteiger partial charge is 0.416 e. The number of thioether (sulfide) groups is 1. The molecule has 0 aliphatic heterocycles. The summed E-state index contributed by atoms with van der Waals surface area (Å²) in [4.78, 5) is 48.0. The number of benzene rings is 3. The molecule has 4 aromatic rings. The molecule has 0 radical (unpaired) electrons. The van der Waals surface area contributed by atoms with E-state index in [0.29, 0.717) is 16.8 Å². The van der Waals surface area contributed by atoms with Gasteiger partial charge in [0.15, 0.2) is 11.0 Å². The van der Waals surface area contributed by atoms with Gasteiger partial charge in [-0.1, -0.05) is 23.9 Å². The fraction of sp³-hybridized carbons (Fsp3) is 0.207. The van der Waals surface area contributed by atoms with Crippen molar-refractivity contribution in [1.82, 2.24) is 20.1 Å². The molecule has 12 nitrogen and oxygen atoms in total. The van der Waals surface area contributed by atoms with Crippen LogP contribution in [-0.4, -0.2) is 49.8 Å². The quantitative estimate of drug-likeness (QED) is 0.0953. The summed E-state index contributed by atoms with van der Waals surface area (Å²) in [6.07, 6.45) is -4.64. The maximum atomic E-state index is 13.5. The van der Waals surface area contributed by atoms with Crippen molar-refractivity contribution in [2.24, 2.45) is 0 Å². The summed E-state index contributed by atoms with van der Waals surface area (Å²) < 4.78 is 46.7. The Bertz CT molecular complexity index is 1740. The van der Waals surface area contributed by atoms with E-state index in [9.17, 15) is 37.7 Å². The molecule has 0 saturated carbocycles. The highest BCUT2D eigenvalue weighted by molar-refractivity contribution is 7.99. The van der Waals surface area contributed by atoms with E-state index in [-0.39, 0.29) is 46.8 Å². The minimum Gasteiger partial charge on any atom is -0.462 e. The van der Waals surface area contributed by atoms with Crippen LogP contribution in [0.25, 0.3) is 5.69 Å². The number of nitrogens with one attached hydrogen (secondary N) is 2. The number of nitro groups is 1. The molecular weight excluding hydrogens is 617 g/mol. The number of amides is 2. The van der Waals surface area contributed by atoms with Crippen molar-refractivity contribution in [3.05, 3.63) is 105 Å². The Morgan fingerprint density at radius 2 is 1.73 bits per heavy atom. The van der Waals surface area contributed by atoms with Gasteiger partial charge in [-0.25, -0.2) is 4.79 Å². The second kappa shape index (κ2) is 14.0. The van der Waals surface area contributed by atoms with Crippen LogP contribution in [0.2, 0.25) is 0 Å². The zero-order valence-electron chi connectivity index (χ0n) is 23.8. The fourth-order valence-electron chi connectivity index (χ4n) is 4.03. The molecule has 45 heavy (non-hydrogen) atoms. The Labute approximate surface area is 258 Å². The normalized spacial score (nSPS) is 11.1. The van der Waals surface area contributed by atoms with Crippen molar-refractivity contribution in [2.45, 2.75) is 31.7 Å². The van der Waals surface area contributed by atoms with Gasteiger partial charge in [0.05, 0.1) is 40.6 Å². The fourth-order valence-corrected chi connectivity index (χ4v) is 4.80. The summed E-state index contributed by atoms with van der Waals surface area (Å²) in [6, 6.07) is 14.3. The molecule has 0 unspecified atom stereocenters. The van der Waals surface area contributed by atoms with Crippen LogP contribution in [-0.2, 0) is 22.3 Å². The van der Waals surface area contributed by atoms with Crippen LogP contribution in [0, 0.1) is 17.0 Å². The van der Waals surface area contributed by atoms with E-state index in [2.05, 4.69) is 20.8 Å². The molecule has 234 valence electrons. The highest BCUT2D eigenvalue weighted by atomic mass is 32.2. The molecule has 2 N–H and O–H groups in total. The molecule has 1 heterocycles. The van der Waals surface area contributed by atoms with Gasteiger partial charge in [-0.15, -0.1) is 10.2 Å². The third-order valence-electron chi connectivity index (χ3n) is 6.22. The zero-order valence-corrected chi connectivity index (χ0v) is 24.6. The van der Waals surface area contributed by atoms with Crippen molar-refractivity contribution >= 4 is 40.9 Å². The molecule has 16 heteroatoms. The van der Waals surface area contributed by atoms with Crippen LogP contribution >= 0.6 is 11.8 Å². The number of aromatic nitrogens is 3. The number of aryl methyl sites for hydroxylation is 1. The van der Waals surface area contributed by atoms with Crippen molar-refractivity contribution < 1.29 is 37.2 Å². The predicted octanol–water partition coefficient (Wildman–Crippen LogP) is 5.34. The lowest BCUT2D eigenvalue weighted by molar-refractivity contribution is -0.385. The highest BCUT2D eigenvalue weighted by Gasteiger charge is 2.31. The number of carbonyl (C=O) groups excluding carboxylic acids is 3. The molecule has 0 atom stereocenters. The minimum absolute atomic E-state index is 0.000933. The van der Waals surface area contributed by atoms with Gasteiger partial charge in [-0.05, 0) is 62.4 Å². The van der Waals surface area contributed by atoms with Crippen molar-refractivity contribution in [1.29, 1.82) is 0 Å². The number of hydrogen-bond acceptors (Lipinski definition) is 9. The molecule has 0 fully saturated rings. The third-order valence-corrected chi connectivity index (χ3v) is 7.15. The second-order valence-corrected chi connectivity index (χ2v) is 10.3. The number of halogens is 3. The van der Waals surface area contributed by atoms with E-state index in [4.69, 9.17) is 4.74 Å². The van der Waals surface area contributed by atoms with E-state index < -0.39 is 34.4 Å². The predicted molar refractivity (Wildman–Crippen MR) is 157 cm³/mol. The summed E-state index contributed by atoms with van der Waals surface area (Å²) in [6.45, 7) is 3.12. The molecule has 0 saturated heterocycles. The first-order chi connectivity index (χ1) is 21.4. The number of nitro benzene ring substituents is 1. The second-order valence-electron chi connectivity index (χ2n) is 9.36. The molecule has 0 spiro atoms. The van der Waals surface area contributed by atoms with Gasteiger partial charge in [0.1, 0.15) is 0 Å². The summed E-state index contributed by atoms with van der Waals surface area (Å²) >= 11 is 0.890. The van der Waals surface area contributed by atoms with E-state index >= 15 is 0 Å². The van der Waals surface area contributed by atoms with Gasteiger partial charge in [0, 0.05) is 22.9 Å². The van der Waals surface area contributed by atoms with Gasteiger partial charge in [-0.2, -0.15) is 13.2 Å². The number of esters is 1. The Morgan fingerprint density at radius 1 is 1.02 bits per heavy atom. The average molecular weight is 643 g/mol. The topological polar surface area (TPSA) is 158 Å². The molecule has 0 aliphatic carbocycles. The van der Waals surface area contributed by atoms with Crippen molar-refractivity contribution in [3.63, 3.8) is 0 Å². The maximum Gasteiger partial charge on any atom is 0.416 e. The maximum absolute atomic E-state index is 13.5. The van der Waals surface area contributed by atoms with Crippen LogP contribution in [0.15, 0.2) is 71.9 Å². The first kappa shape index (κ1) is 32.7. The van der Waals surface area contributed by atoms with Crippen LogP contribution in [0.3, 0.4) is 0 Å². The Hall–Kier alpha value is -5.25. The van der Waals surface area contributed by atoms with Gasteiger partial charge >= 0.3 is 12.1 Å². The van der Waals surface area contributed by atoms with E-state index in [1.54, 1.807) is 6.92 Å². The molecule has 2 amide bonds. The highest BCUT2D eigenvalue weighted by Crippen LogP contribution is 2.32. The minimum atomic E-state index is -4.64. The number of rotatable bonds is 11. The zero-order chi connectivity index (χ0) is 32.7. The lowest BCUT2D eigenvalue weighted by atomic mass is 10.1. The lowest BCUT2D eigenvalue weighted by Crippen LogP contribution is -2.25.